The van der Waals surface area contributed by atoms with Crippen molar-refractivity contribution in [3.8, 4) is 5.75 Å². The summed E-state index contributed by atoms with van der Waals surface area (Å²) in [5, 5.41) is 11.1. The molecular weight excluding hydrogens is 348 g/mol. The largest absolute Gasteiger partial charge is 0.490 e. The zero-order chi connectivity index (χ0) is 18.5. The van der Waals surface area contributed by atoms with E-state index in [0.29, 0.717) is 13.2 Å². The molecule has 0 amide bonds. The van der Waals surface area contributed by atoms with Gasteiger partial charge in [-0.05, 0) is 49.2 Å². The van der Waals surface area contributed by atoms with E-state index in [4.69, 9.17) is 16.3 Å². The highest BCUT2D eigenvalue weighted by molar-refractivity contribution is 6.30. The molecule has 0 saturated carbocycles. The van der Waals surface area contributed by atoms with Crippen LogP contribution < -0.4 is 14.5 Å². The van der Waals surface area contributed by atoms with E-state index in [0.717, 1.165) is 42.5 Å². The van der Waals surface area contributed by atoms with E-state index < -0.39 is 6.10 Å². The highest BCUT2D eigenvalue weighted by Crippen LogP contribution is 2.20. The summed E-state index contributed by atoms with van der Waals surface area (Å²) < 4.78 is 5.84. The quantitative estimate of drug-likeness (QED) is 0.812. The number of hydrogen-bond donors (Lipinski definition) is 2. The molecule has 2 N–H and O–H groups in total. The van der Waals surface area contributed by atoms with E-state index in [1.165, 1.54) is 16.2 Å². The smallest absolute Gasteiger partial charge is 0.137 e. The van der Waals surface area contributed by atoms with E-state index in [2.05, 4.69) is 23.1 Å². The average Bonchev–Trinajstić information content (AvgIpc) is 2.63. The first kappa shape index (κ1) is 19.0. The van der Waals surface area contributed by atoms with Crippen molar-refractivity contribution >= 4 is 17.3 Å². The first-order chi connectivity index (χ1) is 12.5. The van der Waals surface area contributed by atoms with E-state index in [9.17, 15) is 5.11 Å². The molecule has 3 rings (SSSR count). The van der Waals surface area contributed by atoms with Gasteiger partial charge in [0.15, 0.2) is 0 Å². The van der Waals surface area contributed by atoms with Gasteiger partial charge in [-0.3, -0.25) is 0 Å². The van der Waals surface area contributed by atoms with Crippen LogP contribution in [0, 0.1) is 13.8 Å². The van der Waals surface area contributed by atoms with Crippen molar-refractivity contribution in [1.29, 1.82) is 0 Å². The van der Waals surface area contributed by atoms with Gasteiger partial charge in [0.1, 0.15) is 25.0 Å². The molecule has 1 aliphatic heterocycles. The molecule has 1 atom stereocenters. The fourth-order valence-corrected chi connectivity index (χ4v) is 3.58. The van der Waals surface area contributed by atoms with Crippen LogP contribution in [-0.2, 0) is 0 Å². The Balaban J connectivity index is 1.44. The van der Waals surface area contributed by atoms with Gasteiger partial charge in [0.05, 0.1) is 26.2 Å². The highest BCUT2D eigenvalue weighted by atomic mass is 35.5. The Kier molecular flexibility index (Phi) is 6.41. The van der Waals surface area contributed by atoms with Gasteiger partial charge in [0.2, 0.25) is 0 Å². The van der Waals surface area contributed by atoms with Crippen molar-refractivity contribution in [2.45, 2.75) is 20.0 Å². The lowest BCUT2D eigenvalue weighted by atomic mass is 10.1. The molecule has 4 nitrogen and oxygen atoms in total. The average molecular weight is 376 g/mol. The second-order valence-corrected chi connectivity index (χ2v) is 7.59. The van der Waals surface area contributed by atoms with Crippen molar-refractivity contribution in [3.63, 3.8) is 0 Å². The lowest BCUT2D eigenvalue weighted by Gasteiger charge is -2.34. The zero-order valence-electron chi connectivity index (χ0n) is 15.5. The van der Waals surface area contributed by atoms with Crippen LogP contribution in [0.25, 0.3) is 0 Å². The molecule has 1 fully saturated rings. The molecule has 1 heterocycles. The van der Waals surface area contributed by atoms with Crippen molar-refractivity contribution in [3.05, 3.63) is 58.6 Å². The number of aryl methyl sites for hydroxylation is 2. The molecule has 2 aromatic rings. The Hall–Kier alpha value is -1.75. The van der Waals surface area contributed by atoms with Gasteiger partial charge in [-0.15, -0.1) is 0 Å². The molecule has 1 saturated heterocycles. The topological polar surface area (TPSA) is 37.1 Å². The van der Waals surface area contributed by atoms with Crippen LogP contribution >= 0.6 is 11.6 Å². The number of hydrogen-bond acceptors (Lipinski definition) is 3. The van der Waals surface area contributed by atoms with Crippen LogP contribution in [0.4, 0.5) is 5.69 Å². The summed E-state index contributed by atoms with van der Waals surface area (Å²) in [7, 11) is 0. The fourth-order valence-electron chi connectivity index (χ4n) is 3.40. The molecule has 0 aliphatic carbocycles. The minimum atomic E-state index is -0.456. The summed E-state index contributed by atoms with van der Waals surface area (Å²) in [5.74, 6) is 0.866. The molecule has 2 aromatic carbocycles. The third-order valence-electron chi connectivity index (χ3n) is 4.94. The van der Waals surface area contributed by atoms with Gasteiger partial charge in [0, 0.05) is 10.7 Å². The van der Waals surface area contributed by atoms with Crippen LogP contribution in [0.3, 0.4) is 0 Å². The summed E-state index contributed by atoms with van der Waals surface area (Å²) in [6, 6.07) is 14.2. The van der Waals surface area contributed by atoms with Crippen molar-refractivity contribution in [2.24, 2.45) is 0 Å². The molecule has 0 spiro atoms. The lowest BCUT2D eigenvalue weighted by Crippen LogP contribution is -3.16. The summed E-state index contributed by atoms with van der Waals surface area (Å²) in [6.45, 7) is 9.09. The molecule has 26 heavy (non-hydrogen) atoms. The Bertz CT molecular complexity index is 730. The van der Waals surface area contributed by atoms with Gasteiger partial charge < -0.3 is 19.6 Å². The Morgan fingerprint density at radius 1 is 1.15 bits per heavy atom. The van der Waals surface area contributed by atoms with Crippen LogP contribution in [0.5, 0.6) is 5.75 Å². The first-order valence-electron chi connectivity index (χ1n) is 9.23. The summed E-state index contributed by atoms with van der Waals surface area (Å²) in [4.78, 5) is 3.77. The highest BCUT2D eigenvalue weighted by Gasteiger charge is 2.23. The minimum Gasteiger partial charge on any atom is -0.490 e. The number of aliphatic hydroxyl groups is 1. The lowest BCUT2D eigenvalue weighted by molar-refractivity contribution is -0.903. The maximum atomic E-state index is 10.4. The number of piperazine rings is 1. The second-order valence-electron chi connectivity index (χ2n) is 7.15. The van der Waals surface area contributed by atoms with Crippen molar-refractivity contribution in [1.82, 2.24) is 0 Å². The molecule has 140 valence electrons. The maximum absolute atomic E-state index is 10.4. The molecule has 0 bridgehead atoms. The monoisotopic (exact) mass is 375 g/mol. The Morgan fingerprint density at radius 3 is 2.65 bits per heavy atom. The van der Waals surface area contributed by atoms with Crippen molar-refractivity contribution < 1.29 is 14.7 Å². The number of nitrogens with one attached hydrogen (secondary N) is 1. The van der Waals surface area contributed by atoms with Gasteiger partial charge in [0.25, 0.3) is 0 Å². The van der Waals surface area contributed by atoms with Gasteiger partial charge >= 0.3 is 0 Å². The van der Waals surface area contributed by atoms with Gasteiger partial charge in [-0.1, -0.05) is 29.8 Å². The molecule has 1 aliphatic rings. The number of benzene rings is 2. The maximum Gasteiger partial charge on any atom is 0.137 e. The van der Waals surface area contributed by atoms with E-state index in [1.54, 1.807) is 0 Å². The molecule has 5 heteroatoms. The summed E-state index contributed by atoms with van der Waals surface area (Å²) in [5.41, 5.74) is 3.45. The zero-order valence-corrected chi connectivity index (χ0v) is 16.3. The number of quaternary nitrogens is 1. The van der Waals surface area contributed by atoms with Crippen LogP contribution in [0.15, 0.2) is 42.5 Å². The van der Waals surface area contributed by atoms with Crippen LogP contribution in [0.2, 0.25) is 5.02 Å². The third kappa shape index (κ3) is 5.13. The van der Waals surface area contributed by atoms with E-state index >= 15 is 0 Å². The number of nitrogens with zero attached hydrogens (tertiary/aromatic N) is 1. The van der Waals surface area contributed by atoms with Gasteiger partial charge in [-0.25, -0.2) is 0 Å². The predicted molar refractivity (Wildman–Crippen MR) is 107 cm³/mol. The number of aliphatic hydroxyl groups excluding tert-OH is 1. The Labute approximate surface area is 160 Å². The number of rotatable bonds is 6. The Morgan fingerprint density at radius 2 is 1.92 bits per heavy atom. The van der Waals surface area contributed by atoms with Crippen LogP contribution in [0.1, 0.15) is 11.1 Å². The third-order valence-corrected chi connectivity index (χ3v) is 5.18. The summed E-state index contributed by atoms with van der Waals surface area (Å²) in [6.07, 6.45) is -0.456. The normalized spacial score (nSPS) is 16.5. The number of halogens is 1. The minimum absolute atomic E-state index is 0.339. The summed E-state index contributed by atoms with van der Waals surface area (Å²) >= 11 is 6.09. The number of anilines is 1. The van der Waals surface area contributed by atoms with E-state index in [1.807, 2.05) is 38.1 Å². The number of ether oxygens (including phenoxy) is 1. The molecule has 0 aromatic heterocycles. The van der Waals surface area contributed by atoms with E-state index in [-0.39, 0.29) is 0 Å². The van der Waals surface area contributed by atoms with Crippen molar-refractivity contribution in [2.75, 3.05) is 44.2 Å². The SMILES string of the molecule is Cc1ccc(C)c(OC[C@@H](O)C[NH+]2CCN(c3cccc(Cl)c3)CC2)c1. The standard InChI is InChI=1S/C21H27ClN2O2/c1-16-6-7-17(2)21(12-16)26-15-20(25)14-23-8-10-24(11-9-23)19-5-3-4-18(22)13-19/h3-7,12-13,20,25H,8-11,14-15H2,1-2H3/p+1/t20-/m0/s1. The molecule has 0 unspecified atom stereocenters. The molecular formula is C21H28ClN2O2+. The van der Waals surface area contributed by atoms with Gasteiger partial charge in [-0.2, -0.15) is 0 Å². The fraction of sp³-hybridized carbons (Fsp3) is 0.429. The second kappa shape index (κ2) is 8.76. The van der Waals surface area contributed by atoms with Crippen LogP contribution in [-0.4, -0.2) is 50.5 Å². The predicted octanol–water partition coefficient (Wildman–Crippen LogP) is 2.10. The molecule has 0 radical (unpaired) electrons. The first-order valence-corrected chi connectivity index (χ1v) is 9.61.